The number of rotatable bonds is 8. The molecule has 1 heterocycles. The van der Waals surface area contributed by atoms with Gasteiger partial charge in [-0.25, -0.2) is 4.68 Å². The Morgan fingerprint density at radius 1 is 1.32 bits per heavy atom. The molecular formula is C16H21N5O3S. The third-order valence-corrected chi connectivity index (χ3v) is 4.42. The fraction of sp³-hybridized carbons (Fsp3) is 0.438. The number of nitrogens with one attached hydrogen (secondary N) is 1. The van der Waals surface area contributed by atoms with Gasteiger partial charge in [-0.3, -0.25) is 9.59 Å². The van der Waals surface area contributed by atoms with Crippen molar-refractivity contribution in [3.05, 3.63) is 35.4 Å². The molecule has 2 rings (SSSR count). The van der Waals surface area contributed by atoms with Crippen molar-refractivity contribution in [1.29, 1.82) is 0 Å². The van der Waals surface area contributed by atoms with Gasteiger partial charge in [0, 0.05) is 7.05 Å². The van der Waals surface area contributed by atoms with Crippen LogP contribution in [-0.2, 0) is 21.4 Å². The Labute approximate surface area is 150 Å². The molecule has 1 aromatic heterocycles. The number of aromatic nitrogens is 4. The van der Waals surface area contributed by atoms with E-state index in [0.29, 0.717) is 11.8 Å². The van der Waals surface area contributed by atoms with Gasteiger partial charge in [0.15, 0.2) is 0 Å². The number of carbonyl (C=O) groups excluding carboxylic acids is 2. The van der Waals surface area contributed by atoms with Crippen LogP contribution in [0.1, 0.15) is 30.5 Å². The summed E-state index contributed by atoms with van der Waals surface area (Å²) in [6, 6.07) is 7.25. The van der Waals surface area contributed by atoms with Crippen LogP contribution in [0.15, 0.2) is 29.4 Å². The lowest BCUT2D eigenvalue weighted by Gasteiger charge is -2.18. The summed E-state index contributed by atoms with van der Waals surface area (Å²) in [4.78, 5) is 24.1. The zero-order chi connectivity index (χ0) is 18.2. The predicted octanol–water partition coefficient (Wildman–Crippen LogP) is 1.42. The largest absolute Gasteiger partial charge is 0.466 e. The second kappa shape index (κ2) is 9.16. The Balaban J connectivity index is 2.01. The summed E-state index contributed by atoms with van der Waals surface area (Å²) in [7, 11) is 1.70. The lowest BCUT2D eigenvalue weighted by atomic mass is 10.0. The van der Waals surface area contributed by atoms with E-state index in [1.54, 1.807) is 14.0 Å². The van der Waals surface area contributed by atoms with E-state index in [9.17, 15) is 9.59 Å². The molecule has 0 radical (unpaired) electrons. The van der Waals surface area contributed by atoms with Crippen LogP contribution in [-0.4, -0.2) is 44.4 Å². The minimum absolute atomic E-state index is 0.0822. The third kappa shape index (κ3) is 5.86. The molecule has 1 N–H and O–H groups in total. The second-order valence-corrected chi connectivity index (χ2v) is 6.36. The van der Waals surface area contributed by atoms with Gasteiger partial charge >= 0.3 is 5.97 Å². The van der Waals surface area contributed by atoms with Gasteiger partial charge in [0.2, 0.25) is 11.1 Å². The fourth-order valence-corrected chi connectivity index (χ4v) is 2.81. The van der Waals surface area contributed by atoms with Crippen molar-refractivity contribution in [2.45, 2.75) is 31.5 Å². The van der Waals surface area contributed by atoms with E-state index in [1.807, 2.05) is 31.2 Å². The lowest BCUT2D eigenvalue weighted by molar-refractivity contribution is -0.143. The highest BCUT2D eigenvalue weighted by Crippen LogP contribution is 2.19. The molecule has 8 nitrogen and oxygen atoms in total. The highest BCUT2D eigenvalue weighted by Gasteiger charge is 2.19. The third-order valence-electron chi connectivity index (χ3n) is 3.40. The molecule has 0 spiro atoms. The summed E-state index contributed by atoms with van der Waals surface area (Å²) in [5.74, 6) is -0.402. The van der Waals surface area contributed by atoms with Crippen molar-refractivity contribution < 1.29 is 14.3 Å². The Bertz CT molecular complexity index is 717. The molecule has 0 saturated carbocycles. The molecule has 1 atom stereocenters. The summed E-state index contributed by atoms with van der Waals surface area (Å²) in [6.45, 7) is 4.04. The van der Waals surface area contributed by atoms with Gasteiger partial charge in [0.25, 0.3) is 0 Å². The molecule has 1 aromatic carbocycles. The topological polar surface area (TPSA) is 99.0 Å². The summed E-state index contributed by atoms with van der Waals surface area (Å²) in [5.41, 5.74) is 1.97. The van der Waals surface area contributed by atoms with E-state index in [4.69, 9.17) is 4.74 Å². The number of hydrogen-bond donors (Lipinski definition) is 1. The minimum atomic E-state index is -0.439. The molecule has 0 saturated heterocycles. The van der Waals surface area contributed by atoms with Crippen LogP contribution < -0.4 is 5.32 Å². The molecule has 0 bridgehead atoms. The Hall–Kier alpha value is -2.42. The second-order valence-electron chi connectivity index (χ2n) is 5.41. The number of aryl methyl sites for hydroxylation is 2. The van der Waals surface area contributed by atoms with Gasteiger partial charge in [0.1, 0.15) is 0 Å². The van der Waals surface area contributed by atoms with Crippen molar-refractivity contribution in [3.63, 3.8) is 0 Å². The maximum atomic E-state index is 12.3. The van der Waals surface area contributed by atoms with E-state index in [-0.39, 0.29) is 24.1 Å². The molecular weight excluding hydrogens is 342 g/mol. The number of benzene rings is 1. The first-order valence-electron chi connectivity index (χ1n) is 7.86. The number of nitrogens with zero attached hydrogens (tertiary/aromatic N) is 4. The maximum absolute atomic E-state index is 12.3. The van der Waals surface area contributed by atoms with Crippen molar-refractivity contribution in [2.75, 3.05) is 12.4 Å². The van der Waals surface area contributed by atoms with E-state index < -0.39 is 6.04 Å². The minimum Gasteiger partial charge on any atom is -0.466 e. The quantitative estimate of drug-likeness (QED) is 0.559. The number of carbonyl (C=O) groups is 2. The predicted molar refractivity (Wildman–Crippen MR) is 92.8 cm³/mol. The van der Waals surface area contributed by atoms with Gasteiger partial charge in [0.05, 0.1) is 24.8 Å². The van der Waals surface area contributed by atoms with Crippen molar-refractivity contribution in [2.24, 2.45) is 7.05 Å². The van der Waals surface area contributed by atoms with Crippen LogP contribution in [0.3, 0.4) is 0 Å². The number of tetrazole rings is 1. The average Bonchev–Trinajstić information content (AvgIpc) is 2.98. The van der Waals surface area contributed by atoms with Crippen molar-refractivity contribution in [1.82, 2.24) is 25.5 Å². The van der Waals surface area contributed by atoms with E-state index in [0.717, 1.165) is 11.1 Å². The highest BCUT2D eigenvalue weighted by molar-refractivity contribution is 7.99. The summed E-state index contributed by atoms with van der Waals surface area (Å²) in [5, 5.41) is 14.5. The fourth-order valence-electron chi connectivity index (χ4n) is 2.15. The zero-order valence-corrected chi connectivity index (χ0v) is 15.2. The average molecular weight is 363 g/mol. The summed E-state index contributed by atoms with van der Waals surface area (Å²) >= 11 is 1.23. The SMILES string of the molecule is CCOC(=O)CC(NC(=O)CSc1nnnn1C)c1ccc(C)cc1. The molecule has 1 unspecified atom stereocenters. The maximum Gasteiger partial charge on any atom is 0.308 e. The lowest BCUT2D eigenvalue weighted by Crippen LogP contribution is -2.32. The summed E-state index contributed by atoms with van der Waals surface area (Å²) < 4.78 is 6.50. The first-order chi connectivity index (χ1) is 12.0. The summed E-state index contributed by atoms with van der Waals surface area (Å²) in [6.07, 6.45) is 0.0822. The number of thioether (sulfide) groups is 1. The molecule has 0 fully saturated rings. The Morgan fingerprint density at radius 3 is 2.64 bits per heavy atom. The van der Waals surface area contributed by atoms with Crippen LogP contribution in [0.2, 0.25) is 0 Å². The molecule has 9 heteroatoms. The van der Waals surface area contributed by atoms with Crippen molar-refractivity contribution in [3.8, 4) is 0 Å². The Kier molecular flexibility index (Phi) is 6.93. The van der Waals surface area contributed by atoms with Gasteiger partial charge in [-0.2, -0.15) is 0 Å². The molecule has 0 aliphatic carbocycles. The number of amides is 1. The normalized spacial score (nSPS) is 11.8. The van der Waals surface area contributed by atoms with Gasteiger partial charge < -0.3 is 10.1 Å². The van der Waals surface area contributed by atoms with Crippen LogP contribution in [0.4, 0.5) is 0 Å². The molecule has 2 aromatic rings. The first kappa shape index (κ1) is 18.9. The van der Waals surface area contributed by atoms with E-state index >= 15 is 0 Å². The van der Waals surface area contributed by atoms with Crippen LogP contribution in [0, 0.1) is 6.92 Å². The van der Waals surface area contributed by atoms with E-state index in [2.05, 4.69) is 20.8 Å². The number of esters is 1. The van der Waals surface area contributed by atoms with Crippen LogP contribution in [0.5, 0.6) is 0 Å². The Morgan fingerprint density at radius 2 is 2.04 bits per heavy atom. The zero-order valence-electron chi connectivity index (χ0n) is 14.4. The highest BCUT2D eigenvalue weighted by atomic mass is 32.2. The number of hydrogen-bond acceptors (Lipinski definition) is 7. The standard InChI is InChI=1S/C16H21N5O3S/c1-4-24-15(23)9-13(12-7-5-11(2)6-8-12)17-14(22)10-25-16-18-19-20-21(16)3/h5-8,13H,4,9-10H2,1-3H3,(H,17,22). The van der Waals surface area contributed by atoms with Gasteiger partial charge in [-0.15, -0.1) is 5.10 Å². The van der Waals surface area contributed by atoms with Gasteiger partial charge in [-0.1, -0.05) is 41.6 Å². The molecule has 0 aliphatic heterocycles. The van der Waals surface area contributed by atoms with Crippen LogP contribution in [0.25, 0.3) is 0 Å². The molecule has 0 aliphatic rings. The van der Waals surface area contributed by atoms with Gasteiger partial charge in [-0.05, 0) is 29.8 Å². The van der Waals surface area contributed by atoms with E-state index in [1.165, 1.54) is 16.4 Å². The van der Waals surface area contributed by atoms with Crippen molar-refractivity contribution >= 4 is 23.6 Å². The number of ether oxygens (including phenoxy) is 1. The molecule has 134 valence electrons. The first-order valence-corrected chi connectivity index (χ1v) is 8.85. The smallest absolute Gasteiger partial charge is 0.308 e. The van der Waals surface area contributed by atoms with Crippen LogP contribution >= 0.6 is 11.8 Å². The molecule has 25 heavy (non-hydrogen) atoms. The molecule has 1 amide bonds. The monoisotopic (exact) mass is 363 g/mol.